The third-order valence-electron chi connectivity index (χ3n) is 3.35. The zero-order valence-corrected chi connectivity index (χ0v) is 10.5. The number of hydrogen-bond donors (Lipinski definition) is 2. The van der Waals surface area contributed by atoms with Gasteiger partial charge in [0.25, 0.3) is 0 Å². The first-order valence-electron chi connectivity index (χ1n) is 6.24. The van der Waals surface area contributed by atoms with Crippen LogP contribution >= 0.6 is 0 Å². The van der Waals surface area contributed by atoms with Gasteiger partial charge in [-0.3, -0.25) is 5.84 Å². The molecule has 0 spiro atoms. The summed E-state index contributed by atoms with van der Waals surface area (Å²) in [7, 11) is 0. The van der Waals surface area contributed by atoms with Gasteiger partial charge in [-0.2, -0.15) is 0 Å². The first kappa shape index (κ1) is 12.5. The maximum atomic E-state index is 5.76. The molecule has 1 fully saturated rings. The van der Waals surface area contributed by atoms with Crippen LogP contribution < -0.4 is 11.3 Å². The lowest BCUT2D eigenvalue weighted by atomic mass is 9.96. The van der Waals surface area contributed by atoms with E-state index in [0.29, 0.717) is 5.92 Å². The Morgan fingerprint density at radius 2 is 2.53 bits per heavy atom. The molecule has 17 heavy (non-hydrogen) atoms. The number of hydrogen-bond acceptors (Lipinski definition) is 5. The Hall–Kier alpha value is -0.980. The number of ether oxygens (including phenoxy) is 1. The lowest BCUT2D eigenvalue weighted by molar-refractivity contribution is 0.0579. The smallest absolute Gasteiger partial charge is 0.0909 e. The van der Waals surface area contributed by atoms with E-state index in [2.05, 4.69) is 29.6 Å². The Morgan fingerprint density at radius 1 is 1.71 bits per heavy atom. The number of nitrogens with one attached hydrogen (secondary N) is 1. The van der Waals surface area contributed by atoms with Crippen LogP contribution in [0.15, 0.2) is 6.20 Å². The highest BCUT2D eigenvalue weighted by Gasteiger charge is 2.34. The molecular weight excluding hydrogens is 218 g/mol. The summed E-state index contributed by atoms with van der Waals surface area (Å²) in [6, 6.07) is -0.0333. The van der Waals surface area contributed by atoms with E-state index in [1.807, 2.05) is 4.68 Å². The minimum atomic E-state index is -0.0333. The predicted molar refractivity (Wildman–Crippen MR) is 63.9 cm³/mol. The van der Waals surface area contributed by atoms with Gasteiger partial charge >= 0.3 is 0 Å². The normalized spacial score (nSPS) is 26.3. The first-order valence-corrected chi connectivity index (χ1v) is 6.24. The Labute approximate surface area is 101 Å². The van der Waals surface area contributed by atoms with Crippen LogP contribution in [0, 0.1) is 5.92 Å². The number of aryl methyl sites for hydroxylation is 1. The summed E-state index contributed by atoms with van der Waals surface area (Å²) in [5.41, 5.74) is 3.86. The lowest BCUT2D eigenvalue weighted by Gasteiger charge is -2.25. The second kappa shape index (κ2) is 5.57. The highest BCUT2D eigenvalue weighted by molar-refractivity contribution is 5.06. The summed E-state index contributed by atoms with van der Waals surface area (Å²) < 4.78 is 7.67. The number of hydrazine groups is 1. The van der Waals surface area contributed by atoms with Crippen molar-refractivity contribution in [2.75, 3.05) is 6.61 Å². The molecule has 1 aliphatic rings. The Kier molecular flexibility index (Phi) is 4.09. The zero-order valence-electron chi connectivity index (χ0n) is 10.5. The van der Waals surface area contributed by atoms with Crippen molar-refractivity contribution in [2.45, 2.75) is 45.4 Å². The van der Waals surface area contributed by atoms with Crippen LogP contribution in [0.5, 0.6) is 0 Å². The van der Waals surface area contributed by atoms with Crippen LogP contribution in [0.25, 0.3) is 0 Å². The maximum absolute atomic E-state index is 5.76. The summed E-state index contributed by atoms with van der Waals surface area (Å²) in [6.07, 6.45) is 3.98. The minimum Gasteiger partial charge on any atom is -0.376 e. The molecule has 6 nitrogen and oxygen atoms in total. The predicted octanol–water partition coefficient (Wildman–Crippen LogP) is 0.617. The number of aromatic nitrogens is 3. The van der Waals surface area contributed by atoms with Gasteiger partial charge < -0.3 is 4.74 Å². The van der Waals surface area contributed by atoms with Crippen LogP contribution in [0.4, 0.5) is 0 Å². The maximum Gasteiger partial charge on any atom is 0.0909 e. The molecule has 3 atom stereocenters. The number of rotatable bonds is 5. The van der Waals surface area contributed by atoms with E-state index in [-0.39, 0.29) is 12.1 Å². The summed E-state index contributed by atoms with van der Waals surface area (Å²) >= 11 is 0. The second-order valence-corrected chi connectivity index (χ2v) is 4.63. The summed E-state index contributed by atoms with van der Waals surface area (Å²) in [6.45, 7) is 5.97. The molecule has 3 unspecified atom stereocenters. The standard InChI is InChI=1S/C11H21N5O/c1-3-5-16-9(7-13-15-16)10(14-12)11-8(2)4-6-17-11/h7-8,10-11,14H,3-6,12H2,1-2H3. The third kappa shape index (κ3) is 2.48. The van der Waals surface area contributed by atoms with Crippen molar-refractivity contribution in [1.29, 1.82) is 0 Å². The van der Waals surface area contributed by atoms with Crippen LogP contribution in [0.3, 0.4) is 0 Å². The third-order valence-corrected chi connectivity index (χ3v) is 3.35. The Balaban J connectivity index is 2.19. The Morgan fingerprint density at radius 3 is 3.12 bits per heavy atom. The van der Waals surface area contributed by atoms with Gasteiger partial charge in [-0.1, -0.05) is 19.1 Å². The van der Waals surface area contributed by atoms with Crippen molar-refractivity contribution in [3.05, 3.63) is 11.9 Å². The van der Waals surface area contributed by atoms with Crippen molar-refractivity contribution in [3.8, 4) is 0 Å². The van der Waals surface area contributed by atoms with Crippen molar-refractivity contribution < 1.29 is 4.74 Å². The van der Waals surface area contributed by atoms with E-state index in [0.717, 1.165) is 31.7 Å². The van der Waals surface area contributed by atoms with Crippen LogP contribution in [0.1, 0.15) is 38.4 Å². The van der Waals surface area contributed by atoms with Gasteiger partial charge in [0.05, 0.1) is 24.0 Å². The van der Waals surface area contributed by atoms with Crippen molar-refractivity contribution in [2.24, 2.45) is 11.8 Å². The largest absolute Gasteiger partial charge is 0.376 e. The fourth-order valence-electron chi connectivity index (χ4n) is 2.38. The summed E-state index contributed by atoms with van der Waals surface area (Å²) in [4.78, 5) is 0. The zero-order chi connectivity index (χ0) is 12.3. The molecule has 0 bridgehead atoms. The van der Waals surface area contributed by atoms with Gasteiger partial charge in [0.1, 0.15) is 0 Å². The molecule has 0 aromatic carbocycles. The highest BCUT2D eigenvalue weighted by atomic mass is 16.5. The molecule has 0 radical (unpaired) electrons. The van der Waals surface area contributed by atoms with Gasteiger partial charge in [-0.25, -0.2) is 10.1 Å². The topological polar surface area (TPSA) is 78.0 Å². The van der Waals surface area contributed by atoms with E-state index in [1.165, 1.54) is 0 Å². The average molecular weight is 239 g/mol. The lowest BCUT2D eigenvalue weighted by Crippen LogP contribution is -2.40. The van der Waals surface area contributed by atoms with E-state index in [4.69, 9.17) is 10.6 Å². The van der Waals surface area contributed by atoms with Gasteiger partial charge in [-0.05, 0) is 18.8 Å². The number of nitrogens with zero attached hydrogens (tertiary/aromatic N) is 3. The molecule has 1 aliphatic heterocycles. The van der Waals surface area contributed by atoms with Gasteiger partial charge in [-0.15, -0.1) is 5.10 Å². The molecule has 2 heterocycles. The SMILES string of the molecule is CCCn1nncc1C(NN)C1OCCC1C. The summed E-state index contributed by atoms with van der Waals surface area (Å²) in [5, 5.41) is 8.05. The van der Waals surface area contributed by atoms with Gasteiger partial charge in [0.15, 0.2) is 0 Å². The monoisotopic (exact) mass is 239 g/mol. The quantitative estimate of drug-likeness (QED) is 0.581. The van der Waals surface area contributed by atoms with Crippen LogP contribution in [-0.4, -0.2) is 27.7 Å². The molecular formula is C11H21N5O. The molecule has 0 amide bonds. The van der Waals surface area contributed by atoms with Crippen LogP contribution in [0.2, 0.25) is 0 Å². The molecule has 1 aromatic heterocycles. The fourth-order valence-corrected chi connectivity index (χ4v) is 2.38. The van der Waals surface area contributed by atoms with Crippen LogP contribution in [-0.2, 0) is 11.3 Å². The molecule has 6 heteroatoms. The molecule has 96 valence electrons. The molecule has 0 saturated carbocycles. The molecule has 1 aromatic rings. The van der Waals surface area contributed by atoms with E-state index < -0.39 is 0 Å². The Bertz CT molecular complexity index is 353. The molecule has 0 aliphatic carbocycles. The van der Waals surface area contributed by atoms with E-state index >= 15 is 0 Å². The fraction of sp³-hybridized carbons (Fsp3) is 0.818. The average Bonchev–Trinajstić information content (AvgIpc) is 2.92. The molecule has 3 N–H and O–H groups in total. The van der Waals surface area contributed by atoms with E-state index in [1.54, 1.807) is 6.20 Å². The van der Waals surface area contributed by atoms with Crippen molar-refractivity contribution in [3.63, 3.8) is 0 Å². The van der Waals surface area contributed by atoms with Crippen molar-refractivity contribution >= 4 is 0 Å². The molecule has 2 rings (SSSR count). The second-order valence-electron chi connectivity index (χ2n) is 4.63. The highest BCUT2D eigenvalue weighted by Crippen LogP contribution is 2.30. The number of nitrogens with two attached hydrogens (primary N) is 1. The summed E-state index contributed by atoms with van der Waals surface area (Å²) in [5.74, 6) is 6.17. The van der Waals surface area contributed by atoms with E-state index in [9.17, 15) is 0 Å². The first-order chi connectivity index (χ1) is 8.27. The minimum absolute atomic E-state index is 0.0333. The van der Waals surface area contributed by atoms with Crippen molar-refractivity contribution in [1.82, 2.24) is 20.4 Å². The van der Waals surface area contributed by atoms with Gasteiger partial charge in [0, 0.05) is 13.2 Å². The van der Waals surface area contributed by atoms with Gasteiger partial charge in [0.2, 0.25) is 0 Å². The molecule has 1 saturated heterocycles.